The van der Waals surface area contributed by atoms with Gasteiger partial charge in [-0.25, -0.2) is 18.2 Å². The zero-order valence-electron chi connectivity index (χ0n) is 22.9. The fourth-order valence-electron chi connectivity index (χ4n) is 4.86. The van der Waals surface area contributed by atoms with Crippen LogP contribution in [-0.2, 0) is 19.6 Å². The molecule has 0 spiro atoms. The molecule has 1 saturated heterocycles. The molecule has 0 atom stereocenters. The van der Waals surface area contributed by atoms with Gasteiger partial charge in [-0.3, -0.25) is 4.79 Å². The molecule has 3 aromatic carbocycles. The highest BCUT2D eigenvalue weighted by Gasteiger charge is 2.28. The van der Waals surface area contributed by atoms with E-state index in [9.17, 15) is 18.0 Å². The van der Waals surface area contributed by atoms with Crippen LogP contribution < -0.4 is 10.1 Å². The predicted molar refractivity (Wildman–Crippen MR) is 156 cm³/mol. The second kappa shape index (κ2) is 12.1. The van der Waals surface area contributed by atoms with Gasteiger partial charge in [0.15, 0.2) is 6.61 Å². The van der Waals surface area contributed by atoms with Crippen molar-refractivity contribution in [2.45, 2.75) is 31.1 Å². The SMILES string of the molecule is COc1ccc(-c2cc(C(=O)OCC(=O)Nc3ccc(C)c(S(=O)(=O)N4CCCCC4)c3)c3ccccc3n2)cc1. The molecule has 0 aliphatic carbocycles. The van der Waals surface area contributed by atoms with Crippen LogP contribution in [0.2, 0.25) is 0 Å². The molecule has 0 bridgehead atoms. The van der Waals surface area contributed by atoms with Crippen molar-refractivity contribution in [3.63, 3.8) is 0 Å². The number of fused-ring (bicyclic) bond motifs is 1. The van der Waals surface area contributed by atoms with Crippen molar-refractivity contribution in [3.05, 3.63) is 83.9 Å². The molecule has 1 aromatic heterocycles. The monoisotopic (exact) mass is 573 g/mol. The number of methoxy groups -OCH3 is 1. The van der Waals surface area contributed by atoms with E-state index < -0.39 is 28.5 Å². The number of ether oxygens (including phenoxy) is 2. The topological polar surface area (TPSA) is 115 Å². The third-order valence-electron chi connectivity index (χ3n) is 7.06. The number of hydrogen-bond acceptors (Lipinski definition) is 7. The fraction of sp³-hybridized carbons (Fsp3) is 0.258. The van der Waals surface area contributed by atoms with Crippen LogP contribution in [0.1, 0.15) is 35.2 Å². The molecule has 1 aliphatic rings. The lowest BCUT2D eigenvalue weighted by Gasteiger charge is -2.26. The van der Waals surface area contributed by atoms with Gasteiger partial charge in [-0.05, 0) is 73.9 Å². The largest absolute Gasteiger partial charge is 0.497 e. The molecule has 0 unspecified atom stereocenters. The number of esters is 1. The van der Waals surface area contributed by atoms with Gasteiger partial charge in [0.1, 0.15) is 5.75 Å². The van der Waals surface area contributed by atoms with Gasteiger partial charge in [0.25, 0.3) is 5.91 Å². The molecule has 2 heterocycles. The lowest BCUT2D eigenvalue weighted by atomic mass is 10.0. The van der Waals surface area contributed by atoms with E-state index in [-0.39, 0.29) is 10.5 Å². The Labute approximate surface area is 239 Å². The Morgan fingerprint density at radius 2 is 1.68 bits per heavy atom. The lowest BCUT2D eigenvalue weighted by molar-refractivity contribution is -0.119. The molecule has 9 nitrogen and oxygen atoms in total. The standard InChI is InChI=1S/C31H31N3O6S/c1-21-10-13-23(18-29(21)41(37,38)34-16-6-3-7-17-34)32-30(35)20-40-31(36)26-19-28(22-11-14-24(39-2)15-12-22)33-27-9-5-4-8-25(26)27/h4-5,8-15,18-19H,3,6-7,16-17,20H2,1-2H3,(H,32,35). The van der Waals surface area contributed by atoms with Gasteiger partial charge >= 0.3 is 5.97 Å². The number of nitrogens with zero attached hydrogens (tertiary/aromatic N) is 2. The maximum atomic E-state index is 13.2. The van der Waals surface area contributed by atoms with E-state index in [4.69, 9.17) is 9.47 Å². The zero-order chi connectivity index (χ0) is 29.0. The van der Waals surface area contributed by atoms with Crippen molar-refractivity contribution in [2.75, 3.05) is 32.1 Å². The Hall–Kier alpha value is -4.28. The number of nitrogens with one attached hydrogen (secondary N) is 1. The summed E-state index contributed by atoms with van der Waals surface area (Å²) in [5.41, 5.74) is 3.15. The van der Waals surface area contributed by atoms with Crippen molar-refractivity contribution in [1.82, 2.24) is 9.29 Å². The van der Waals surface area contributed by atoms with Gasteiger partial charge in [-0.1, -0.05) is 30.7 Å². The summed E-state index contributed by atoms with van der Waals surface area (Å²) in [7, 11) is -2.09. The number of piperidine rings is 1. The fourth-order valence-corrected chi connectivity index (χ4v) is 6.63. The van der Waals surface area contributed by atoms with Crippen LogP contribution in [0.4, 0.5) is 5.69 Å². The first-order valence-electron chi connectivity index (χ1n) is 13.4. The molecule has 41 heavy (non-hydrogen) atoms. The van der Waals surface area contributed by atoms with Crippen LogP contribution >= 0.6 is 0 Å². The third-order valence-corrected chi connectivity index (χ3v) is 9.10. The van der Waals surface area contributed by atoms with Gasteiger partial charge < -0.3 is 14.8 Å². The summed E-state index contributed by atoms with van der Waals surface area (Å²) in [6.07, 6.45) is 2.67. The Bertz CT molecular complexity index is 1700. The highest BCUT2D eigenvalue weighted by molar-refractivity contribution is 7.89. The quantitative estimate of drug-likeness (QED) is 0.289. The van der Waals surface area contributed by atoms with E-state index in [2.05, 4.69) is 10.3 Å². The van der Waals surface area contributed by atoms with E-state index in [0.29, 0.717) is 46.7 Å². The minimum Gasteiger partial charge on any atom is -0.497 e. The normalized spacial score (nSPS) is 14.0. The van der Waals surface area contributed by atoms with Gasteiger partial charge in [-0.2, -0.15) is 4.31 Å². The highest BCUT2D eigenvalue weighted by Crippen LogP contribution is 2.28. The summed E-state index contributed by atoms with van der Waals surface area (Å²) in [4.78, 5) is 30.7. The van der Waals surface area contributed by atoms with Crippen molar-refractivity contribution in [3.8, 4) is 17.0 Å². The van der Waals surface area contributed by atoms with Crippen LogP contribution in [0.15, 0.2) is 77.7 Å². The number of amides is 1. The van der Waals surface area contributed by atoms with Crippen molar-refractivity contribution in [2.24, 2.45) is 0 Å². The summed E-state index contributed by atoms with van der Waals surface area (Å²) >= 11 is 0. The Morgan fingerprint density at radius 3 is 2.41 bits per heavy atom. The molecule has 1 aliphatic heterocycles. The molecule has 1 N–H and O–H groups in total. The molecule has 212 valence electrons. The maximum Gasteiger partial charge on any atom is 0.339 e. The number of para-hydroxylation sites is 1. The third kappa shape index (κ3) is 6.23. The summed E-state index contributed by atoms with van der Waals surface area (Å²) in [6, 6.07) is 20.9. The van der Waals surface area contributed by atoms with Crippen LogP contribution in [0.25, 0.3) is 22.2 Å². The zero-order valence-corrected chi connectivity index (χ0v) is 23.7. The molecular formula is C31H31N3O6S. The Balaban J connectivity index is 1.31. The number of anilines is 1. The number of aromatic nitrogens is 1. The molecule has 0 saturated carbocycles. The maximum absolute atomic E-state index is 13.2. The van der Waals surface area contributed by atoms with Crippen LogP contribution in [0, 0.1) is 6.92 Å². The second-order valence-electron chi connectivity index (χ2n) is 9.87. The Kier molecular flexibility index (Phi) is 8.32. The number of aryl methyl sites for hydroxylation is 1. The van der Waals surface area contributed by atoms with Crippen LogP contribution in [0.3, 0.4) is 0 Å². The van der Waals surface area contributed by atoms with E-state index >= 15 is 0 Å². The van der Waals surface area contributed by atoms with Crippen LogP contribution in [-0.4, -0.2) is 56.4 Å². The number of carbonyl (C=O) groups excluding carboxylic acids is 2. The number of pyridine rings is 1. The minimum atomic E-state index is -3.68. The Morgan fingerprint density at radius 1 is 0.951 bits per heavy atom. The van der Waals surface area contributed by atoms with Crippen molar-refractivity contribution in [1.29, 1.82) is 0 Å². The number of hydrogen-bond donors (Lipinski definition) is 1. The smallest absolute Gasteiger partial charge is 0.339 e. The van der Waals surface area contributed by atoms with Gasteiger partial charge in [0.05, 0.1) is 28.8 Å². The predicted octanol–water partition coefficient (Wildman–Crippen LogP) is 5.19. The van der Waals surface area contributed by atoms with Gasteiger partial charge in [-0.15, -0.1) is 0 Å². The average Bonchev–Trinajstić information content (AvgIpc) is 3.00. The van der Waals surface area contributed by atoms with Gasteiger partial charge in [0, 0.05) is 29.7 Å². The number of sulfonamides is 1. The first kappa shape index (κ1) is 28.3. The van der Waals surface area contributed by atoms with E-state index in [1.54, 1.807) is 50.4 Å². The summed E-state index contributed by atoms with van der Waals surface area (Å²) in [5, 5.41) is 3.25. The molecule has 1 fully saturated rings. The molecule has 0 radical (unpaired) electrons. The van der Waals surface area contributed by atoms with Crippen LogP contribution in [0.5, 0.6) is 5.75 Å². The van der Waals surface area contributed by atoms with E-state index in [1.807, 2.05) is 30.3 Å². The first-order valence-corrected chi connectivity index (χ1v) is 14.8. The van der Waals surface area contributed by atoms with E-state index in [0.717, 1.165) is 24.8 Å². The van der Waals surface area contributed by atoms with E-state index in [1.165, 1.54) is 10.4 Å². The van der Waals surface area contributed by atoms with Crippen molar-refractivity contribution < 1.29 is 27.5 Å². The minimum absolute atomic E-state index is 0.156. The molecule has 4 aromatic rings. The first-order chi connectivity index (χ1) is 19.8. The summed E-state index contributed by atoms with van der Waals surface area (Å²) in [5.74, 6) is -0.562. The summed E-state index contributed by atoms with van der Waals surface area (Å²) < 4.78 is 38.5. The lowest BCUT2D eigenvalue weighted by Crippen LogP contribution is -2.36. The average molecular weight is 574 g/mol. The summed E-state index contributed by atoms with van der Waals surface area (Å²) in [6.45, 7) is 2.15. The number of benzene rings is 3. The molecule has 1 amide bonds. The van der Waals surface area contributed by atoms with Gasteiger partial charge in [0.2, 0.25) is 10.0 Å². The number of carbonyl (C=O) groups is 2. The van der Waals surface area contributed by atoms with Crippen molar-refractivity contribution >= 4 is 38.5 Å². The second-order valence-corrected chi connectivity index (χ2v) is 11.8. The number of rotatable bonds is 8. The molecule has 5 rings (SSSR count). The molecule has 10 heteroatoms. The molecular weight excluding hydrogens is 542 g/mol. The highest BCUT2D eigenvalue weighted by atomic mass is 32.2.